The molecule has 0 aromatic carbocycles. The lowest BCUT2D eigenvalue weighted by Crippen LogP contribution is -2.12. The normalized spacial score (nSPS) is 10.8. The van der Waals surface area contributed by atoms with E-state index in [0.29, 0.717) is 0 Å². The molecule has 1 heterocycles. The van der Waals surface area contributed by atoms with E-state index in [-0.39, 0.29) is 35.3 Å². The van der Waals surface area contributed by atoms with Gasteiger partial charge in [0.2, 0.25) is 0 Å². The van der Waals surface area contributed by atoms with Crippen LogP contribution < -0.4 is 5.73 Å². The van der Waals surface area contributed by atoms with E-state index in [1.807, 2.05) is 0 Å². The molecule has 0 bridgehead atoms. The first-order chi connectivity index (χ1) is 7.47. The van der Waals surface area contributed by atoms with Gasteiger partial charge >= 0.3 is 5.97 Å². The third kappa shape index (κ3) is 2.52. The lowest BCUT2D eigenvalue weighted by molar-refractivity contribution is -0.136. The van der Waals surface area contributed by atoms with Crippen LogP contribution in [0.15, 0.2) is 6.20 Å². The lowest BCUT2D eigenvalue weighted by Gasteiger charge is -2.13. The first-order valence-corrected chi connectivity index (χ1v) is 4.64. The highest BCUT2D eigenvalue weighted by molar-refractivity contribution is 5.70. The van der Waals surface area contributed by atoms with Gasteiger partial charge in [-0.3, -0.25) is 9.78 Å². The molecule has 0 aliphatic carbocycles. The number of nitrogens with two attached hydrogens (primary N) is 1. The summed E-state index contributed by atoms with van der Waals surface area (Å²) < 4.78 is 25.5. The summed E-state index contributed by atoms with van der Waals surface area (Å²) in [7, 11) is 0. The van der Waals surface area contributed by atoms with Crippen molar-refractivity contribution < 1.29 is 18.7 Å². The molecule has 6 heteroatoms. The quantitative estimate of drug-likeness (QED) is 0.820. The SMILES string of the molecule is Cc1ncc(CC(=O)O)c(CN)c1C(F)F. The van der Waals surface area contributed by atoms with Crippen LogP contribution in [0.25, 0.3) is 0 Å². The first kappa shape index (κ1) is 12.5. The zero-order valence-corrected chi connectivity index (χ0v) is 8.70. The predicted octanol–water partition coefficient (Wildman–Crippen LogP) is 1.41. The van der Waals surface area contributed by atoms with Gasteiger partial charge in [-0.15, -0.1) is 0 Å². The van der Waals surface area contributed by atoms with Gasteiger partial charge in [-0.05, 0) is 18.1 Å². The summed E-state index contributed by atoms with van der Waals surface area (Å²) >= 11 is 0. The van der Waals surface area contributed by atoms with Gasteiger partial charge in [-0.25, -0.2) is 8.78 Å². The van der Waals surface area contributed by atoms with Crippen LogP contribution in [0.3, 0.4) is 0 Å². The molecular weight excluding hydrogens is 218 g/mol. The third-order valence-electron chi connectivity index (χ3n) is 2.28. The molecule has 88 valence electrons. The van der Waals surface area contributed by atoms with E-state index in [4.69, 9.17) is 10.8 Å². The number of carbonyl (C=O) groups is 1. The maximum Gasteiger partial charge on any atom is 0.307 e. The van der Waals surface area contributed by atoms with Crippen LogP contribution in [0.4, 0.5) is 8.78 Å². The Morgan fingerprint density at radius 1 is 1.62 bits per heavy atom. The Hall–Kier alpha value is -1.56. The van der Waals surface area contributed by atoms with Crippen molar-refractivity contribution in [1.82, 2.24) is 4.98 Å². The topological polar surface area (TPSA) is 76.2 Å². The van der Waals surface area contributed by atoms with Crippen molar-refractivity contribution >= 4 is 5.97 Å². The van der Waals surface area contributed by atoms with Crippen LogP contribution in [-0.4, -0.2) is 16.1 Å². The molecule has 16 heavy (non-hydrogen) atoms. The van der Waals surface area contributed by atoms with Gasteiger partial charge in [0, 0.05) is 24.0 Å². The number of alkyl halides is 2. The lowest BCUT2D eigenvalue weighted by atomic mass is 10.00. The fraction of sp³-hybridized carbons (Fsp3) is 0.400. The van der Waals surface area contributed by atoms with E-state index >= 15 is 0 Å². The molecular formula is C10H12F2N2O2. The van der Waals surface area contributed by atoms with Crippen molar-refractivity contribution in [3.8, 4) is 0 Å². The van der Waals surface area contributed by atoms with Crippen molar-refractivity contribution in [3.05, 3.63) is 28.6 Å². The Labute approximate surface area is 91.1 Å². The molecule has 1 rings (SSSR count). The molecule has 0 saturated heterocycles. The molecule has 0 spiro atoms. The second-order valence-corrected chi connectivity index (χ2v) is 3.34. The molecule has 0 aliphatic rings. The summed E-state index contributed by atoms with van der Waals surface area (Å²) in [5.74, 6) is -1.10. The van der Waals surface area contributed by atoms with Crippen LogP contribution in [0, 0.1) is 6.92 Å². The van der Waals surface area contributed by atoms with Crippen molar-refractivity contribution in [2.75, 3.05) is 0 Å². The maximum atomic E-state index is 12.7. The molecule has 0 atom stereocenters. The highest BCUT2D eigenvalue weighted by Gasteiger charge is 2.20. The Kier molecular flexibility index (Phi) is 3.89. The zero-order chi connectivity index (χ0) is 12.3. The minimum Gasteiger partial charge on any atom is -0.481 e. The first-order valence-electron chi connectivity index (χ1n) is 4.64. The van der Waals surface area contributed by atoms with Gasteiger partial charge in [0.15, 0.2) is 0 Å². The molecule has 1 aromatic rings. The number of hydrogen-bond acceptors (Lipinski definition) is 3. The van der Waals surface area contributed by atoms with Crippen LogP contribution >= 0.6 is 0 Å². The predicted molar refractivity (Wildman–Crippen MR) is 53.2 cm³/mol. The second-order valence-electron chi connectivity index (χ2n) is 3.34. The number of hydrogen-bond donors (Lipinski definition) is 2. The average Bonchev–Trinajstić information content (AvgIpc) is 2.18. The molecule has 4 nitrogen and oxygen atoms in total. The number of carboxylic acid groups (broad SMARTS) is 1. The largest absolute Gasteiger partial charge is 0.481 e. The Morgan fingerprint density at radius 3 is 2.69 bits per heavy atom. The number of halogens is 2. The van der Waals surface area contributed by atoms with E-state index in [9.17, 15) is 13.6 Å². The number of carboxylic acids is 1. The molecule has 0 radical (unpaired) electrons. The Bertz CT molecular complexity index is 408. The van der Waals surface area contributed by atoms with Crippen LogP contribution in [0.2, 0.25) is 0 Å². The monoisotopic (exact) mass is 230 g/mol. The smallest absolute Gasteiger partial charge is 0.307 e. The molecule has 3 N–H and O–H groups in total. The van der Waals surface area contributed by atoms with Gasteiger partial charge in [0.1, 0.15) is 0 Å². The van der Waals surface area contributed by atoms with Crippen LogP contribution in [0.1, 0.15) is 28.8 Å². The van der Waals surface area contributed by atoms with E-state index in [0.717, 1.165) is 0 Å². The fourth-order valence-corrected chi connectivity index (χ4v) is 1.56. The number of rotatable bonds is 4. The van der Waals surface area contributed by atoms with Crippen molar-refractivity contribution in [3.63, 3.8) is 0 Å². The summed E-state index contributed by atoms with van der Waals surface area (Å²) in [6, 6.07) is 0. The minimum atomic E-state index is -2.69. The van der Waals surface area contributed by atoms with Crippen LogP contribution in [-0.2, 0) is 17.8 Å². The minimum absolute atomic E-state index is 0.119. The van der Waals surface area contributed by atoms with Crippen LogP contribution in [0.5, 0.6) is 0 Å². The summed E-state index contributed by atoms with van der Waals surface area (Å²) in [5.41, 5.74) is 5.75. The van der Waals surface area contributed by atoms with Gasteiger partial charge < -0.3 is 10.8 Å². The second kappa shape index (κ2) is 4.98. The highest BCUT2D eigenvalue weighted by atomic mass is 19.3. The fourth-order valence-electron chi connectivity index (χ4n) is 1.56. The number of aliphatic carboxylic acids is 1. The molecule has 0 aliphatic heterocycles. The van der Waals surface area contributed by atoms with Gasteiger partial charge in [0.25, 0.3) is 6.43 Å². The number of nitrogens with zero attached hydrogens (tertiary/aromatic N) is 1. The standard InChI is InChI=1S/C10H12F2N2O2/c1-5-9(10(11)12)7(3-13)6(4-14-5)2-8(15)16/h4,10H,2-3,13H2,1H3,(H,15,16). The molecule has 0 saturated carbocycles. The zero-order valence-electron chi connectivity index (χ0n) is 8.70. The van der Waals surface area contributed by atoms with Gasteiger partial charge in [0.05, 0.1) is 6.42 Å². The summed E-state index contributed by atoms with van der Waals surface area (Å²) in [6.45, 7) is 1.33. The Morgan fingerprint density at radius 2 is 2.25 bits per heavy atom. The maximum absolute atomic E-state index is 12.7. The summed E-state index contributed by atoms with van der Waals surface area (Å²) in [5, 5.41) is 8.63. The van der Waals surface area contributed by atoms with Crippen molar-refractivity contribution in [2.24, 2.45) is 5.73 Å². The molecule has 1 aromatic heterocycles. The number of aromatic nitrogens is 1. The molecule has 0 fully saturated rings. The van der Waals surface area contributed by atoms with E-state index in [2.05, 4.69) is 4.98 Å². The van der Waals surface area contributed by atoms with E-state index in [1.165, 1.54) is 13.1 Å². The van der Waals surface area contributed by atoms with Crippen molar-refractivity contribution in [1.29, 1.82) is 0 Å². The molecule has 0 amide bonds. The number of pyridine rings is 1. The summed E-state index contributed by atoms with van der Waals surface area (Å²) in [6.07, 6.45) is -1.75. The number of aryl methyl sites for hydroxylation is 1. The third-order valence-corrected chi connectivity index (χ3v) is 2.28. The highest BCUT2D eigenvalue weighted by Crippen LogP contribution is 2.27. The van der Waals surface area contributed by atoms with E-state index < -0.39 is 12.4 Å². The van der Waals surface area contributed by atoms with Gasteiger partial charge in [-0.1, -0.05) is 0 Å². The average molecular weight is 230 g/mol. The molecule has 0 unspecified atom stereocenters. The summed E-state index contributed by atoms with van der Waals surface area (Å²) in [4.78, 5) is 14.3. The van der Waals surface area contributed by atoms with Gasteiger partial charge in [-0.2, -0.15) is 0 Å². The van der Waals surface area contributed by atoms with E-state index in [1.54, 1.807) is 0 Å². The van der Waals surface area contributed by atoms with Crippen molar-refractivity contribution in [2.45, 2.75) is 26.3 Å². The Balaban J connectivity index is 3.30.